The summed E-state index contributed by atoms with van der Waals surface area (Å²) in [6, 6.07) is 12.1. The van der Waals surface area contributed by atoms with Gasteiger partial charge < -0.3 is 4.84 Å². The van der Waals surface area contributed by atoms with Crippen molar-refractivity contribution in [2.45, 2.75) is 44.8 Å². The molecule has 2 aromatic rings. The van der Waals surface area contributed by atoms with Crippen molar-refractivity contribution in [2.75, 3.05) is 13.1 Å². The van der Waals surface area contributed by atoms with Gasteiger partial charge in [-0.1, -0.05) is 30.3 Å². The number of aryl methyl sites for hydroxylation is 1. The van der Waals surface area contributed by atoms with E-state index in [1.165, 1.54) is 5.56 Å². The molecule has 0 atom stereocenters. The SMILES string of the molecule is CCn1nc(Cc2ccccc2)cc1C1CCN(OC(=O)C(F)(F)F)CC1. The summed E-state index contributed by atoms with van der Waals surface area (Å²) in [5, 5.41) is 5.77. The second-order valence-corrected chi connectivity index (χ2v) is 6.62. The second kappa shape index (κ2) is 8.12. The lowest BCUT2D eigenvalue weighted by Crippen LogP contribution is -2.39. The number of rotatable bonds is 5. The molecular formula is C19H22F3N3O2. The minimum absolute atomic E-state index is 0.183. The highest BCUT2D eigenvalue weighted by Crippen LogP contribution is 2.30. The molecule has 0 aliphatic carbocycles. The number of nitrogens with zero attached hydrogens (tertiary/aromatic N) is 3. The van der Waals surface area contributed by atoms with Crippen LogP contribution in [0.3, 0.4) is 0 Å². The summed E-state index contributed by atoms with van der Waals surface area (Å²) in [4.78, 5) is 15.4. The quantitative estimate of drug-likeness (QED) is 0.793. The normalized spacial score (nSPS) is 16.4. The van der Waals surface area contributed by atoms with Crippen molar-refractivity contribution in [1.29, 1.82) is 0 Å². The largest absolute Gasteiger partial charge is 0.492 e. The molecule has 0 bridgehead atoms. The molecule has 0 saturated carbocycles. The molecule has 146 valence electrons. The van der Waals surface area contributed by atoms with E-state index in [9.17, 15) is 18.0 Å². The van der Waals surface area contributed by atoms with Gasteiger partial charge in [0.2, 0.25) is 0 Å². The lowest BCUT2D eigenvalue weighted by molar-refractivity contribution is -0.241. The fourth-order valence-corrected chi connectivity index (χ4v) is 3.37. The van der Waals surface area contributed by atoms with Gasteiger partial charge in [0, 0.05) is 37.7 Å². The van der Waals surface area contributed by atoms with Crippen LogP contribution in [0.15, 0.2) is 36.4 Å². The molecule has 27 heavy (non-hydrogen) atoms. The zero-order valence-electron chi connectivity index (χ0n) is 15.1. The zero-order chi connectivity index (χ0) is 19.4. The summed E-state index contributed by atoms with van der Waals surface area (Å²) in [6.45, 7) is 3.29. The number of aromatic nitrogens is 2. The first-order valence-electron chi connectivity index (χ1n) is 9.01. The number of piperidine rings is 1. The van der Waals surface area contributed by atoms with Crippen LogP contribution in [0.1, 0.15) is 42.6 Å². The minimum Gasteiger partial charge on any atom is -0.361 e. The average molecular weight is 381 g/mol. The van der Waals surface area contributed by atoms with Crippen LogP contribution in [0.4, 0.5) is 13.2 Å². The molecule has 1 aliphatic heterocycles. The van der Waals surface area contributed by atoms with Crippen molar-refractivity contribution in [3.05, 3.63) is 53.3 Å². The predicted octanol–water partition coefficient (Wildman–Crippen LogP) is 3.69. The first-order chi connectivity index (χ1) is 12.9. The van der Waals surface area contributed by atoms with Crippen molar-refractivity contribution in [1.82, 2.24) is 14.8 Å². The standard InChI is InChI=1S/C19H22F3N3O2/c1-2-25-17(13-16(23-25)12-14-6-4-3-5-7-14)15-8-10-24(11-9-15)27-18(26)19(20,21)22/h3-7,13,15H,2,8-12H2,1H3. The molecule has 1 fully saturated rings. The van der Waals surface area contributed by atoms with Crippen LogP contribution >= 0.6 is 0 Å². The lowest BCUT2D eigenvalue weighted by Gasteiger charge is -2.30. The summed E-state index contributed by atoms with van der Waals surface area (Å²) >= 11 is 0. The molecule has 1 aliphatic rings. The molecule has 1 aromatic heterocycles. The van der Waals surface area contributed by atoms with E-state index in [2.05, 4.69) is 28.1 Å². The molecule has 1 aromatic carbocycles. The Balaban J connectivity index is 1.63. The van der Waals surface area contributed by atoms with Crippen LogP contribution in [0, 0.1) is 0 Å². The van der Waals surface area contributed by atoms with E-state index in [4.69, 9.17) is 0 Å². The summed E-state index contributed by atoms with van der Waals surface area (Å²) in [6.07, 6.45) is -3.00. The van der Waals surface area contributed by atoms with Crippen molar-refractivity contribution >= 4 is 5.97 Å². The van der Waals surface area contributed by atoms with E-state index in [-0.39, 0.29) is 19.0 Å². The van der Waals surface area contributed by atoms with E-state index < -0.39 is 12.1 Å². The summed E-state index contributed by atoms with van der Waals surface area (Å²) < 4.78 is 38.9. The molecule has 2 heterocycles. The van der Waals surface area contributed by atoms with Crippen molar-refractivity contribution < 1.29 is 22.8 Å². The number of alkyl halides is 3. The Labute approximate surface area is 155 Å². The van der Waals surface area contributed by atoms with Gasteiger partial charge in [-0.15, -0.1) is 5.06 Å². The molecular weight excluding hydrogens is 359 g/mol. The molecule has 0 amide bonds. The second-order valence-electron chi connectivity index (χ2n) is 6.62. The molecule has 8 heteroatoms. The third-order valence-corrected chi connectivity index (χ3v) is 4.70. The summed E-state index contributed by atoms with van der Waals surface area (Å²) in [5.74, 6) is -1.98. The molecule has 0 spiro atoms. The van der Waals surface area contributed by atoms with Crippen molar-refractivity contribution in [3.63, 3.8) is 0 Å². The molecule has 3 rings (SSSR count). The van der Waals surface area contributed by atoms with Gasteiger partial charge in [-0.3, -0.25) is 4.68 Å². The van der Waals surface area contributed by atoms with Crippen LogP contribution < -0.4 is 0 Å². The highest BCUT2D eigenvalue weighted by molar-refractivity contribution is 5.75. The third kappa shape index (κ3) is 4.88. The van der Waals surface area contributed by atoms with Gasteiger partial charge in [-0.2, -0.15) is 18.3 Å². The summed E-state index contributed by atoms with van der Waals surface area (Å²) in [5.41, 5.74) is 3.24. The topological polar surface area (TPSA) is 47.4 Å². The van der Waals surface area contributed by atoms with Crippen molar-refractivity contribution in [3.8, 4) is 0 Å². The maximum atomic E-state index is 12.3. The maximum absolute atomic E-state index is 12.3. The number of hydroxylamine groups is 2. The number of benzene rings is 1. The van der Waals surface area contributed by atoms with Crippen LogP contribution in [-0.2, 0) is 22.6 Å². The van der Waals surface area contributed by atoms with E-state index in [1.54, 1.807) is 0 Å². The van der Waals surface area contributed by atoms with Crippen LogP contribution in [0.2, 0.25) is 0 Å². The Bertz CT molecular complexity index is 766. The maximum Gasteiger partial charge on any atom is 0.492 e. The Hall–Kier alpha value is -2.35. The van der Waals surface area contributed by atoms with Crippen LogP contribution in [0.5, 0.6) is 0 Å². The third-order valence-electron chi connectivity index (χ3n) is 4.70. The number of carbonyl (C=O) groups excluding carboxylic acids is 1. The number of halogens is 3. The van der Waals surface area contributed by atoms with E-state index in [1.807, 2.05) is 29.8 Å². The van der Waals surface area contributed by atoms with Gasteiger partial charge in [0.1, 0.15) is 0 Å². The average Bonchev–Trinajstić information content (AvgIpc) is 3.05. The van der Waals surface area contributed by atoms with Gasteiger partial charge in [0.05, 0.1) is 5.69 Å². The van der Waals surface area contributed by atoms with Crippen LogP contribution in [0.25, 0.3) is 0 Å². The fraction of sp³-hybridized carbons (Fsp3) is 0.474. The number of carbonyl (C=O) groups is 1. The van der Waals surface area contributed by atoms with Gasteiger partial charge >= 0.3 is 12.1 Å². The molecule has 5 nitrogen and oxygen atoms in total. The Kier molecular flexibility index (Phi) is 5.84. The summed E-state index contributed by atoms with van der Waals surface area (Å²) in [7, 11) is 0. The Morgan fingerprint density at radius 2 is 1.89 bits per heavy atom. The van der Waals surface area contributed by atoms with E-state index >= 15 is 0 Å². The molecule has 0 N–H and O–H groups in total. The van der Waals surface area contributed by atoms with Gasteiger partial charge in [-0.05, 0) is 31.4 Å². The predicted molar refractivity (Wildman–Crippen MR) is 92.8 cm³/mol. The first-order valence-corrected chi connectivity index (χ1v) is 9.01. The Morgan fingerprint density at radius 1 is 1.22 bits per heavy atom. The highest BCUT2D eigenvalue weighted by Gasteiger charge is 2.43. The Morgan fingerprint density at radius 3 is 2.48 bits per heavy atom. The molecule has 0 radical (unpaired) electrons. The van der Waals surface area contributed by atoms with Gasteiger partial charge in [0.15, 0.2) is 0 Å². The van der Waals surface area contributed by atoms with E-state index in [0.717, 1.165) is 29.4 Å². The number of hydrogen-bond donors (Lipinski definition) is 0. The van der Waals surface area contributed by atoms with Crippen molar-refractivity contribution in [2.24, 2.45) is 0 Å². The molecule has 1 saturated heterocycles. The molecule has 0 unspecified atom stereocenters. The van der Waals surface area contributed by atoms with Gasteiger partial charge in [0.25, 0.3) is 0 Å². The monoisotopic (exact) mass is 381 g/mol. The lowest BCUT2D eigenvalue weighted by atomic mass is 9.93. The minimum atomic E-state index is -4.97. The van der Waals surface area contributed by atoms with Crippen LogP contribution in [-0.4, -0.2) is 40.1 Å². The first kappa shape index (κ1) is 19.4. The fourth-order valence-electron chi connectivity index (χ4n) is 3.37. The number of hydrogen-bond acceptors (Lipinski definition) is 4. The zero-order valence-corrected chi connectivity index (χ0v) is 15.1. The van der Waals surface area contributed by atoms with E-state index in [0.29, 0.717) is 12.8 Å². The highest BCUT2D eigenvalue weighted by atomic mass is 19.4. The van der Waals surface area contributed by atoms with Gasteiger partial charge in [-0.25, -0.2) is 4.79 Å². The smallest absolute Gasteiger partial charge is 0.361 e.